The van der Waals surface area contributed by atoms with Gasteiger partial charge in [-0.15, -0.1) is 0 Å². The van der Waals surface area contributed by atoms with Gasteiger partial charge in [0, 0.05) is 22.7 Å². The average molecular weight is 463 g/mol. The normalized spacial score (nSPS) is 27.5. The summed E-state index contributed by atoms with van der Waals surface area (Å²) >= 11 is 6.11. The Morgan fingerprint density at radius 3 is 2.32 bits per heavy atom. The molecule has 1 aromatic rings. The minimum absolute atomic E-state index is 0.0391. The molecule has 4 atom stereocenters. The van der Waals surface area contributed by atoms with Crippen LogP contribution in [0.3, 0.4) is 0 Å². The quantitative estimate of drug-likeness (QED) is 0.397. The van der Waals surface area contributed by atoms with Crippen LogP contribution in [-0.2, 0) is 19.6 Å². The number of hydrogen-bond donors (Lipinski definition) is 2. The molecule has 1 aromatic carbocycles. The molecule has 0 amide bonds. The molecule has 2 N–H and O–H groups in total. The summed E-state index contributed by atoms with van der Waals surface area (Å²) in [6.07, 6.45) is 6.03. The van der Waals surface area contributed by atoms with E-state index in [0.717, 1.165) is 12.2 Å². The van der Waals surface area contributed by atoms with Crippen molar-refractivity contribution in [1.82, 2.24) is 0 Å². The van der Waals surface area contributed by atoms with Gasteiger partial charge in [-0.2, -0.15) is 0 Å². The Kier molecular flexibility index (Phi) is 5.06. The molecule has 0 heterocycles. The number of halogens is 1. The molecule has 0 radical (unpaired) electrons. The van der Waals surface area contributed by atoms with Crippen LogP contribution in [0.2, 0.25) is 0 Å². The van der Waals surface area contributed by atoms with E-state index in [9.17, 15) is 33.2 Å². The van der Waals surface area contributed by atoms with Gasteiger partial charge >= 0.3 is 0 Å². The van der Waals surface area contributed by atoms with Crippen molar-refractivity contribution < 1.29 is 28.0 Å². The van der Waals surface area contributed by atoms with E-state index in [2.05, 4.69) is 4.72 Å². The smallest absolute Gasteiger partial charge is 0.261 e. The maximum Gasteiger partial charge on any atom is 0.261 e. The number of fused-ring (bicyclic) bond motifs is 2. The van der Waals surface area contributed by atoms with E-state index in [-0.39, 0.29) is 21.4 Å². The molecular formula is C20H15ClN2O7S. The van der Waals surface area contributed by atoms with Gasteiger partial charge in [-0.25, -0.2) is 8.42 Å². The summed E-state index contributed by atoms with van der Waals surface area (Å²) < 4.78 is 27.9. The van der Waals surface area contributed by atoms with Gasteiger partial charge in [-0.05, 0) is 36.4 Å². The molecule has 9 nitrogen and oxygen atoms in total. The topological polar surface area (TPSA) is 144 Å². The van der Waals surface area contributed by atoms with Gasteiger partial charge in [0.15, 0.2) is 5.78 Å². The summed E-state index contributed by atoms with van der Waals surface area (Å²) in [7, 11) is -4.12. The van der Waals surface area contributed by atoms with Crippen LogP contribution in [-0.4, -0.2) is 30.0 Å². The first kappa shape index (κ1) is 21.0. The number of rotatable bonds is 4. The van der Waals surface area contributed by atoms with Crippen molar-refractivity contribution in [1.29, 1.82) is 0 Å². The maximum absolute atomic E-state index is 13.2. The van der Waals surface area contributed by atoms with E-state index in [4.69, 9.17) is 11.6 Å². The predicted molar refractivity (Wildman–Crippen MR) is 111 cm³/mol. The monoisotopic (exact) mass is 462 g/mol. The van der Waals surface area contributed by atoms with Gasteiger partial charge in [-0.3, -0.25) is 24.4 Å². The lowest BCUT2D eigenvalue weighted by molar-refractivity contribution is -0.433. The van der Waals surface area contributed by atoms with Crippen LogP contribution in [0.5, 0.6) is 5.75 Å². The molecule has 3 aliphatic carbocycles. The van der Waals surface area contributed by atoms with Crippen LogP contribution in [0.15, 0.2) is 70.3 Å². The zero-order chi connectivity index (χ0) is 22.5. The highest BCUT2D eigenvalue weighted by atomic mass is 35.5. The van der Waals surface area contributed by atoms with Crippen molar-refractivity contribution in [3.63, 3.8) is 0 Å². The molecule has 11 heteroatoms. The second kappa shape index (κ2) is 7.47. The first-order valence-electron chi connectivity index (χ1n) is 9.11. The largest absolute Gasteiger partial charge is 0.508 e. The van der Waals surface area contributed by atoms with Crippen LogP contribution in [0.25, 0.3) is 0 Å². The Morgan fingerprint density at radius 2 is 1.68 bits per heavy atom. The van der Waals surface area contributed by atoms with E-state index in [1.165, 1.54) is 42.5 Å². The molecule has 31 heavy (non-hydrogen) atoms. The number of phenolic OH excluding ortho intramolecular Hbond substituents is 1. The van der Waals surface area contributed by atoms with Crippen LogP contribution in [0.1, 0.15) is 0 Å². The number of allylic oxidation sites excluding steroid dienone is 7. The van der Waals surface area contributed by atoms with Crippen molar-refractivity contribution in [2.45, 2.75) is 0 Å². The summed E-state index contributed by atoms with van der Waals surface area (Å²) in [6.45, 7) is 0. The number of carbonyl (C=O) groups excluding carboxylic acids is 2. The summed E-state index contributed by atoms with van der Waals surface area (Å²) in [5.74, 6) is -5.82. The summed E-state index contributed by atoms with van der Waals surface area (Å²) in [5, 5.41) is 20.8. The van der Waals surface area contributed by atoms with E-state index in [1.807, 2.05) is 0 Å². The molecule has 0 bridgehead atoms. The number of hydrogen-bond acceptors (Lipinski definition) is 7. The van der Waals surface area contributed by atoms with Crippen molar-refractivity contribution >= 4 is 38.9 Å². The number of nitro groups is 1. The first-order chi connectivity index (χ1) is 14.6. The third kappa shape index (κ3) is 3.57. The third-order valence-corrected chi connectivity index (χ3v) is 7.23. The van der Waals surface area contributed by atoms with Gasteiger partial charge in [0.1, 0.15) is 17.5 Å². The highest BCUT2D eigenvalue weighted by molar-refractivity contribution is 7.96. The molecule has 1 saturated carbocycles. The van der Waals surface area contributed by atoms with Crippen molar-refractivity contribution in [2.75, 3.05) is 4.72 Å². The van der Waals surface area contributed by atoms with Gasteiger partial charge in [0.05, 0.1) is 21.7 Å². The molecule has 0 spiro atoms. The maximum atomic E-state index is 13.2. The average Bonchev–Trinajstić information content (AvgIpc) is 2.72. The highest BCUT2D eigenvalue weighted by Gasteiger charge is 2.55. The van der Waals surface area contributed by atoms with E-state index >= 15 is 0 Å². The number of carbonyl (C=O) groups is 2. The Balaban J connectivity index is 1.69. The summed E-state index contributed by atoms with van der Waals surface area (Å²) in [6, 6.07) is 5.31. The number of Topliss-reactive ketones (excluding diaryl/α,β-unsaturated/α-hetero) is 2. The third-order valence-electron chi connectivity index (χ3n) is 5.47. The number of phenols is 1. The molecule has 0 saturated heterocycles. The Hall–Kier alpha value is -3.24. The second-order valence-corrected chi connectivity index (χ2v) is 9.41. The lowest BCUT2D eigenvalue weighted by Gasteiger charge is -2.37. The fourth-order valence-corrected chi connectivity index (χ4v) is 5.45. The van der Waals surface area contributed by atoms with Crippen molar-refractivity contribution in [3.8, 4) is 5.75 Å². The van der Waals surface area contributed by atoms with Crippen LogP contribution < -0.4 is 4.72 Å². The van der Waals surface area contributed by atoms with E-state index < -0.39 is 55.9 Å². The summed E-state index contributed by atoms with van der Waals surface area (Å²) in [5.41, 5.74) is -0.260. The second-order valence-electron chi connectivity index (χ2n) is 7.29. The molecule has 3 aliphatic rings. The molecule has 0 aromatic heterocycles. The van der Waals surface area contributed by atoms with E-state index in [0.29, 0.717) is 0 Å². The number of anilines is 1. The molecule has 0 aliphatic heterocycles. The predicted octanol–water partition coefficient (Wildman–Crippen LogP) is 2.50. The van der Waals surface area contributed by atoms with Gasteiger partial charge in [0.2, 0.25) is 0 Å². The zero-order valence-electron chi connectivity index (χ0n) is 15.6. The molecule has 160 valence electrons. The number of sulfonamides is 1. The minimum Gasteiger partial charge on any atom is -0.508 e. The Morgan fingerprint density at radius 1 is 1.03 bits per heavy atom. The van der Waals surface area contributed by atoms with Crippen molar-refractivity contribution in [3.05, 3.63) is 80.4 Å². The van der Waals surface area contributed by atoms with E-state index in [1.54, 1.807) is 0 Å². The molecule has 0 unspecified atom stereocenters. The standard InChI is InChI=1S/C20H15ClN2O7S/c21-15-7-8-16(23(27)28)18-17(15)19(25)13-6-5-12(9-14(13)20(18)26)31(29,30)22-10-1-3-11(24)4-2-10/h1-9,13-14,17-18,22,24H/t13-,14+,17+,18+/m1/s1. The molecule has 1 fully saturated rings. The number of nitrogens with zero attached hydrogens (tertiary/aromatic N) is 1. The Bertz CT molecular complexity index is 1230. The number of aromatic hydroxyl groups is 1. The van der Waals surface area contributed by atoms with Gasteiger partial charge < -0.3 is 5.11 Å². The fourth-order valence-electron chi connectivity index (χ4n) is 4.01. The van der Waals surface area contributed by atoms with Crippen LogP contribution in [0, 0.1) is 33.8 Å². The number of benzene rings is 1. The van der Waals surface area contributed by atoms with Crippen LogP contribution in [0.4, 0.5) is 5.69 Å². The van der Waals surface area contributed by atoms with Gasteiger partial charge in [-0.1, -0.05) is 23.8 Å². The lowest BCUT2D eigenvalue weighted by atomic mass is 9.63. The van der Waals surface area contributed by atoms with Crippen LogP contribution >= 0.6 is 11.6 Å². The fraction of sp³-hybridized carbons (Fsp3) is 0.200. The SMILES string of the molecule is O=C1[C@H]2C([N+](=O)[O-])=CC=C(Cl)[C@@H]2C(=O)[C@@H]2C=CC(S(=O)(=O)Nc3ccc(O)cc3)=C[C@H]12. The molecule has 4 rings (SSSR count). The summed E-state index contributed by atoms with van der Waals surface area (Å²) in [4.78, 5) is 36.6. The Labute approximate surface area is 181 Å². The number of nitrogens with one attached hydrogen (secondary N) is 1. The molecular weight excluding hydrogens is 448 g/mol. The van der Waals surface area contributed by atoms with Crippen molar-refractivity contribution in [2.24, 2.45) is 23.7 Å². The van der Waals surface area contributed by atoms with Gasteiger partial charge in [0.25, 0.3) is 15.7 Å². The first-order valence-corrected chi connectivity index (χ1v) is 11.0. The zero-order valence-corrected chi connectivity index (χ0v) is 17.2. The highest BCUT2D eigenvalue weighted by Crippen LogP contribution is 2.46. The lowest BCUT2D eigenvalue weighted by Crippen LogP contribution is -2.49. The minimum atomic E-state index is -4.12. The number of ketones is 2.